The van der Waals surface area contributed by atoms with Crippen molar-refractivity contribution < 1.29 is 0 Å². The quantitative estimate of drug-likeness (QED) is 0.658. The first-order chi connectivity index (χ1) is 10.1. The average Bonchev–Trinajstić information content (AvgIpc) is 2.47. The van der Waals surface area contributed by atoms with Gasteiger partial charge in [0.15, 0.2) is 0 Å². The van der Waals surface area contributed by atoms with E-state index >= 15 is 0 Å². The Hall–Kier alpha value is -2.28. The van der Waals surface area contributed by atoms with Crippen molar-refractivity contribution in [3.8, 4) is 0 Å². The molecule has 0 heterocycles. The number of para-hydroxylation sites is 1. The van der Waals surface area contributed by atoms with Gasteiger partial charge in [0.2, 0.25) is 0 Å². The number of allylic oxidation sites excluding steroid dienone is 1. The smallest absolute Gasteiger partial charge is 0.0412 e. The lowest BCUT2D eigenvalue weighted by Gasteiger charge is -2.29. The summed E-state index contributed by atoms with van der Waals surface area (Å²) in [5.74, 6) is 0. The van der Waals surface area contributed by atoms with Crippen LogP contribution >= 0.6 is 0 Å². The van der Waals surface area contributed by atoms with Crippen LogP contribution in [-0.4, -0.2) is 6.04 Å². The van der Waals surface area contributed by atoms with Crippen LogP contribution < -0.4 is 4.90 Å². The first-order valence-electron chi connectivity index (χ1n) is 7.36. The Kier molecular flexibility index (Phi) is 4.99. The number of nitrogens with zero attached hydrogens (tertiary/aromatic N) is 1. The normalized spacial score (nSPS) is 11.0. The van der Waals surface area contributed by atoms with Crippen molar-refractivity contribution in [3.63, 3.8) is 0 Å². The summed E-state index contributed by atoms with van der Waals surface area (Å²) in [6.07, 6.45) is 4.19. The van der Waals surface area contributed by atoms with Crippen LogP contribution in [0.1, 0.15) is 25.0 Å². The first kappa shape index (κ1) is 15.1. The van der Waals surface area contributed by atoms with Gasteiger partial charge in [0.25, 0.3) is 0 Å². The predicted molar refractivity (Wildman–Crippen MR) is 93.4 cm³/mol. The van der Waals surface area contributed by atoms with Gasteiger partial charge >= 0.3 is 0 Å². The third-order valence-electron chi connectivity index (χ3n) is 3.41. The molecule has 0 aliphatic carbocycles. The molecule has 2 aromatic carbocycles. The summed E-state index contributed by atoms with van der Waals surface area (Å²) in [6.45, 7) is 10.7. The molecule has 0 saturated carbocycles. The molecule has 0 amide bonds. The number of aryl methyl sites for hydroxylation is 1. The molecule has 0 aliphatic heterocycles. The number of hydrogen-bond acceptors (Lipinski definition) is 1. The molecule has 2 aromatic rings. The molecule has 0 bridgehead atoms. The molecule has 0 aromatic heterocycles. The van der Waals surface area contributed by atoms with Gasteiger partial charge < -0.3 is 4.90 Å². The van der Waals surface area contributed by atoms with E-state index < -0.39 is 0 Å². The molecule has 108 valence electrons. The maximum atomic E-state index is 4.22. The largest absolute Gasteiger partial charge is 0.339 e. The van der Waals surface area contributed by atoms with E-state index in [1.807, 2.05) is 6.07 Å². The van der Waals surface area contributed by atoms with E-state index in [1.54, 1.807) is 0 Å². The molecule has 0 aliphatic rings. The molecule has 21 heavy (non-hydrogen) atoms. The van der Waals surface area contributed by atoms with Gasteiger partial charge in [-0.3, -0.25) is 0 Å². The van der Waals surface area contributed by atoms with Gasteiger partial charge in [0, 0.05) is 17.4 Å². The van der Waals surface area contributed by atoms with Crippen LogP contribution in [0.3, 0.4) is 0 Å². The minimum atomic E-state index is 0.363. The molecule has 1 heteroatoms. The average molecular weight is 277 g/mol. The minimum absolute atomic E-state index is 0.363. The van der Waals surface area contributed by atoms with E-state index in [4.69, 9.17) is 0 Å². The highest BCUT2D eigenvalue weighted by Crippen LogP contribution is 2.22. The van der Waals surface area contributed by atoms with Crippen molar-refractivity contribution in [2.75, 3.05) is 4.90 Å². The molecular weight excluding hydrogens is 254 g/mol. The summed E-state index contributed by atoms with van der Waals surface area (Å²) in [7, 11) is 0. The van der Waals surface area contributed by atoms with E-state index in [0.29, 0.717) is 6.04 Å². The maximum Gasteiger partial charge on any atom is 0.0412 e. The highest BCUT2D eigenvalue weighted by Gasteiger charge is 2.11. The zero-order valence-electron chi connectivity index (χ0n) is 13.1. The number of rotatable bonds is 5. The number of hydrogen-bond donors (Lipinski definition) is 0. The highest BCUT2D eigenvalue weighted by atomic mass is 15.2. The fourth-order valence-corrected chi connectivity index (χ4v) is 2.33. The lowest BCUT2D eigenvalue weighted by Crippen LogP contribution is -2.28. The molecule has 0 fully saturated rings. The topological polar surface area (TPSA) is 3.24 Å². The monoisotopic (exact) mass is 277 g/mol. The Balaban J connectivity index is 2.18. The van der Waals surface area contributed by atoms with Crippen LogP contribution in [0.5, 0.6) is 0 Å². The van der Waals surface area contributed by atoms with Crippen LogP contribution in [0.15, 0.2) is 72.9 Å². The second-order valence-corrected chi connectivity index (χ2v) is 5.53. The molecule has 0 atom stereocenters. The van der Waals surface area contributed by atoms with Crippen molar-refractivity contribution in [2.24, 2.45) is 0 Å². The van der Waals surface area contributed by atoms with Crippen LogP contribution in [0.25, 0.3) is 6.08 Å². The van der Waals surface area contributed by atoms with Gasteiger partial charge in [-0.05, 0) is 44.5 Å². The van der Waals surface area contributed by atoms with Gasteiger partial charge in [-0.25, -0.2) is 0 Å². The summed E-state index contributed by atoms with van der Waals surface area (Å²) in [4.78, 5) is 2.24. The Labute approximate surface area is 128 Å². The third-order valence-corrected chi connectivity index (χ3v) is 3.41. The van der Waals surface area contributed by atoms with E-state index in [2.05, 4.69) is 92.9 Å². The molecule has 0 unspecified atom stereocenters. The third kappa shape index (κ3) is 4.09. The Morgan fingerprint density at radius 1 is 1.00 bits per heavy atom. The summed E-state index contributed by atoms with van der Waals surface area (Å²) in [5, 5.41) is 0. The SMILES string of the molecule is C=C(/C=C/c1ccc(C)cc1)N(c1ccccc1)C(C)C. The molecule has 0 spiro atoms. The van der Waals surface area contributed by atoms with Gasteiger partial charge in [-0.1, -0.05) is 60.7 Å². The lowest BCUT2D eigenvalue weighted by atomic mass is 10.1. The predicted octanol–water partition coefficient (Wildman–Crippen LogP) is 5.44. The van der Waals surface area contributed by atoms with Crippen molar-refractivity contribution in [3.05, 3.63) is 84.1 Å². The Bertz CT molecular complexity index is 606. The second kappa shape index (κ2) is 6.94. The molecule has 2 rings (SSSR count). The Morgan fingerprint density at radius 2 is 1.62 bits per heavy atom. The van der Waals surface area contributed by atoms with Gasteiger partial charge in [0.05, 0.1) is 0 Å². The molecule has 0 radical (unpaired) electrons. The van der Waals surface area contributed by atoms with Crippen molar-refractivity contribution in [1.29, 1.82) is 0 Å². The highest BCUT2D eigenvalue weighted by molar-refractivity contribution is 5.60. The van der Waals surface area contributed by atoms with Gasteiger partial charge in [0.1, 0.15) is 0 Å². The summed E-state index contributed by atoms with van der Waals surface area (Å²) < 4.78 is 0. The molecule has 0 saturated heterocycles. The maximum absolute atomic E-state index is 4.22. The van der Waals surface area contributed by atoms with Crippen molar-refractivity contribution >= 4 is 11.8 Å². The van der Waals surface area contributed by atoms with E-state index in [1.165, 1.54) is 16.8 Å². The second-order valence-electron chi connectivity index (χ2n) is 5.53. The Morgan fingerprint density at radius 3 is 2.19 bits per heavy atom. The summed E-state index contributed by atoms with van der Waals surface area (Å²) in [6, 6.07) is 19.2. The molecular formula is C20H23N. The van der Waals surface area contributed by atoms with Crippen molar-refractivity contribution in [1.82, 2.24) is 0 Å². The first-order valence-corrected chi connectivity index (χ1v) is 7.36. The van der Waals surface area contributed by atoms with Crippen LogP contribution in [0, 0.1) is 6.92 Å². The fourth-order valence-electron chi connectivity index (χ4n) is 2.33. The standard InChI is InChI=1S/C20H23N/c1-16(2)21(20-8-6-5-7-9-20)18(4)12-15-19-13-10-17(3)11-14-19/h5-16H,4H2,1-3H3/b15-12+. The number of anilines is 1. The van der Waals surface area contributed by atoms with E-state index in [-0.39, 0.29) is 0 Å². The van der Waals surface area contributed by atoms with Gasteiger partial charge in [-0.15, -0.1) is 0 Å². The molecule has 0 N–H and O–H groups in total. The summed E-state index contributed by atoms with van der Waals surface area (Å²) >= 11 is 0. The number of benzene rings is 2. The van der Waals surface area contributed by atoms with Crippen LogP contribution in [0.4, 0.5) is 5.69 Å². The van der Waals surface area contributed by atoms with Crippen LogP contribution in [-0.2, 0) is 0 Å². The molecule has 1 nitrogen and oxygen atoms in total. The summed E-state index contributed by atoms with van der Waals surface area (Å²) in [5.41, 5.74) is 4.64. The minimum Gasteiger partial charge on any atom is -0.339 e. The van der Waals surface area contributed by atoms with Crippen LogP contribution in [0.2, 0.25) is 0 Å². The van der Waals surface area contributed by atoms with Crippen molar-refractivity contribution in [2.45, 2.75) is 26.8 Å². The zero-order chi connectivity index (χ0) is 15.2. The lowest BCUT2D eigenvalue weighted by molar-refractivity contribution is 0.766. The zero-order valence-corrected chi connectivity index (χ0v) is 13.1. The van der Waals surface area contributed by atoms with E-state index in [0.717, 1.165) is 5.70 Å². The van der Waals surface area contributed by atoms with Gasteiger partial charge in [-0.2, -0.15) is 0 Å². The fraction of sp³-hybridized carbons (Fsp3) is 0.200. The van der Waals surface area contributed by atoms with E-state index in [9.17, 15) is 0 Å².